The van der Waals surface area contributed by atoms with E-state index in [1.165, 1.54) is 6.66 Å². The molecule has 0 saturated carbocycles. The molecule has 3 rings (SSSR count). The van der Waals surface area contributed by atoms with Gasteiger partial charge in [0, 0.05) is 12.7 Å². The molecule has 0 aliphatic carbocycles. The quantitative estimate of drug-likeness (QED) is 0.365. The maximum absolute atomic E-state index is 15.3. The molecule has 0 amide bonds. The molecule has 6 atom stereocenters. The van der Waals surface area contributed by atoms with E-state index in [9.17, 15) is 19.6 Å². The molecule has 3 heterocycles. The van der Waals surface area contributed by atoms with Gasteiger partial charge in [0.2, 0.25) is 5.95 Å². The van der Waals surface area contributed by atoms with Crippen LogP contribution in [0.5, 0.6) is 0 Å². The van der Waals surface area contributed by atoms with Gasteiger partial charge < -0.3 is 25.2 Å². The third-order valence-corrected chi connectivity index (χ3v) is 6.54. The highest BCUT2D eigenvalue weighted by atomic mass is 31.2. The van der Waals surface area contributed by atoms with Crippen molar-refractivity contribution in [3.8, 4) is 0 Å². The molecule has 2 unspecified atom stereocenters. The molecular weight excluding hydrogens is 422 g/mol. The van der Waals surface area contributed by atoms with Crippen LogP contribution >= 0.6 is 7.52 Å². The molecular formula is C16H26FN6O6P. The van der Waals surface area contributed by atoms with Crippen LogP contribution in [-0.2, 0) is 13.8 Å². The minimum atomic E-state index is -3.43. The monoisotopic (exact) mass is 448 g/mol. The zero-order valence-corrected chi connectivity index (χ0v) is 17.8. The van der Waals surface area contributed by atoms with E-state index in [-0.39, 0.29) is 29.1 Å². The highest BCUT2D eigenvalue weighted by Gasteiger charge is 2.57. The molecule has 30 heavy (non-hydrogen) atoms. The highest BCUT2D eigenvalue weighted by molar-refractivity contribution is 7.56. The molecule has 0 radical (unpaired) electrons. The lowest BCUT2D eigenvalue weighted by molar-refractivity contribution is -0.202. The van der Waals surface area contributed by atoms with Crippen LogP contribution in [0.3, 0.4) is 0 Å². The summed E-state index contributed by atoms with van der Waals surface area (Å²) >= 11 is 0. The predicted octanol–water partition coefficient (Wildman–Crippen LogP) is 0.0918. The van der Waals surface area contributed by atoms with Gasteiger partial charge in [0.05, 0.1) is 6.33 Å². The van der Waals surface area contributed by atoms with Gasteiger partial charge in [-0.05, 0) is 12.8 Å². The number of nitrogens with two attached hydrogens (primary N) is 1. The summed E-state index contributed by atoms with van der Waals surface area (Å²) in [7, 11) is -3.43. The lowest BCUT2D eigenvalue weighted by Gasteiger charge is -2.27. The zero-order chi connectivity index (χ0) is 22.4. The Morgan fingerprint density at radius 1 is 1.50 bits per heavy atom. The van der Waals surface area contributed by atoms with Gasteiger partial charge in [0.15, 0.2) is 17.4 Å². The van der Waals surface area contributed by atoms with Crippen LogP contribution in [0, 0.1) is 5.92 Å². The first-order valence-corrected chi connectivity index (χ1v) is 11.4. The first-order chi connectivity index (χ1) is 13.8. The number of H-pyrrole nitrogens is 1. The van der Waals surface area contributed by atoms with Crippen LogP contribution in [0.2, 0.25) is 0 Å². The molecule has 12 nitrogen and oxygen atoms in total. The van der Waals surface area contributed by atoms with Gasteiger partial charge in [0.1, 0.15) is 18.8 Å². The van der Waals surface area contributed by atoms with E-state index in [1.807, 2.05) is 13.8 Å². The topological polar surface area (TPSA) is 178 Å². The number of aliphatic hydroxyl groups excluding tert-OH is 2. The minimum absolute atomic E-state index is 0.0637. The molecule has 2 aromatic heterocycles. The van der Waals surface area contributed by atoms with Gasteiger partial charge in [-0.1, -0.05) is 13.8 Å². The first kappa shape index (κ1) is 22.8. The Bertz CT molecular complexity index is 1030. The Labute approximate surface area is 171 Å². The second-order valence-corrected chi connectivity index (χ2v) is 9.99. The molecule has 1 fully saturated rings. The lowest BCUT2D eigenvalue weighted by atomic mass is 10.1. The normalized spacial score (nSPS) is 30.1. The largest absolute Gasteiger partial charge is 0.385 e. The summed E-state index contributed by atoms with van der Waals surface area (Å²) in [6.07, 6.45) is -4.15. The summed E-state index contributed by atoms with van der Waals surface area (Å²) in [6, 6.07) is -0.170. The van der Waals surface area contributed by atoms with E-state index in [0.717, 1.165) is 10.9 Å². The van der Waals surface area contributed by atoms with Gasteiger partial charge >= 0.3 is 0 Å². The predicted molar refractivity (Wildman–Crippen MR) is 105 cm³/mol. The van der Waals surface area contributed by atoms with E-state index in [0.29, 0.717) is 0 Å². The number of nitrogens with one attached hydrogen (secondary N) is 2. The van der Waals surface area contributed by atoms with Gasteiger partial charge in [-0.3, -0.25) is 18.9 Å². The summed E-state index contributed by atoms with van der Waals surface area (Å²) in [5, 5.41) is 23.4. The standard InChI is InChI=1S/C16H26FN6O6P/c1-7(2)8(3)22-30(4,27)28-5-16(17)11(25)10(24)14(29-16)23-6-19-9-12(23)20-15(18)21-13(9)26/h6-8,10-11,14,24-25H,5H2,1-4H3,(H,22,27)(H3,18,20,21,26)/t8-,10+,11?,14-,16-,30?/m1/s1. The van der Waals surface area contributed by atoms with Crippen molar-refractivity contribution in [2.45, 2.75) is 51.1 Å². The number of hydrogen-bond acceptors (Lipinski definition) is 9. The van der Waals surface area contributed by atoms with Crippen molar-refractivity contribution in [2.75, 3.05) is 19.0 Å². The number of imidazole rings is 1. The molecule has 1 aliphatic heterocycles. The highest BCUT2D eigenvalue weighted by Crippen LogP contribution is 2.45. The number of ether oxygens (including phenoxy) is 1. The van der Waals surface area contributed by atoms with E-state index in [1.54, 1.807) is 6.92 Å². The van der Waals surface area contributed by atoms with Crippen molar-refractivity contribution in [1.82, 2.24) is 24.6 Å². The van der Waals surface area contributed by atoms with E-state index >= 15 is 4.39 Å². The summed E-state index contributed by atoms with van der Waals surface area (Å²) in [4.78, 5) is 22.0. The number of halogens is 1. The first-order valence-electron chi connectivity index (χ1n) is 9.29. The number of aromatic amines is 1. The van der Waals surface area contributed by atoms with Crippen LogP contribution in [0.15, 0.2) is 11.1 Å². The van der Waals surface area contributed by atoms with Crippen molar-refractivity contribution in [2.24, 2.45) is 5.92 Å². The summed E-state index contributed by atoms with van der Waals surface area (Å²) in [5.41, 5.74) is 4.73. The smallest absolute Gasteiger partial charge is 0.280 e. The van der Waals surface area contributed by atoms with Crippen LogP contribution < -0.4 is 16.4 Å². The molecule has 0 spiro atoms. The van der Waals surface area contributed by atoms with Gasteiger partial charge in [0.25, 0.3) is 18.9 Å². The number of nitrogens with zero attached hydrogens (tertiary/aromatic N) is 3. The van der Waals surface area contributed by atoms with Gasteiger partial charge in [-0.2, -0.15) is 4.98 Å². The number of anilines is 1. The number of aliphatic hydroxyl groups is 2. The minimum Gasteiger partial charge on any atom is -0.385 e. The number of nitrogen functional groups attached to an aromatic ring is 1. The molecule has 1 aliphatic rings. The molecule has 2 aromatic rings. The number of aromatic nitrogens is 4. The second-order valence-electron chi connectivity index (χ2n) is 7.79. The number of hydrogen-bond donors (Lipinski definition) is 5. The van der Waals surface area contributed by atoms with Crippen LogP contribution in [0.25, 0.3) is 11.2 Å². The van der Waals surface area contributed by atoms with Crippen LogP contribution in [0.4, 0.5) is 10.3 Å². The van der Waals surface area contributed by atoms with E-state index in [2.05, 4.69) is 20.0 Å². The Morgan fingerprint density at radius 3 is 2.80 bits per heavy atom. The Kier molecular flexibility index (Phi) is 6.07. The molecule has 0 aromatic carbocycles. The van der Waals surface area contributed by atoms with Gasteiger partial charge in [-0.25, -0.2) is 14.5 Å². The molecule has 14 heteroatoms. The summed E-state index contributed by atoms with van der Waals surface area (Å²) in [6.45, 7) is 6.02. The average Bonchev–Trinajstić information content (AvgIpc) is 3.15. The molecule has 168 valence electrons. The Hall–Kier alpha value is -1.89. The summed E-state index contributed by atoms with van der Waals surface area (Å²) < 4.78 is 39.5. The van der Waals surface area contributed by atoms with Crippen molar-refractivity contribution < 1.29 is 28.4 Å². The van der Waals surface area contributed by atoms with Crippen molar-refractivity contribution in [3.05, 3.63) is 16.7 Å². The maximum atomic E-state index is 15.3. The Morgan fingerprint density at radius 2 is 2.17 bits per heavy atom. The molecule has 1 saturated heterocycles. The molecule has 6 N–H and O–H groups in total. The van der Waals surface area contributed by atoms with Crippen LogP contribution in [0.1, 0.15) is 27.0 Å². The second kappa shape index (κ2) is 7.98. The third kappa shape index (κ3) is 4.27. The SMILES string of the molecule is CC(C)[C@@H](C)NP(C)(=O)OC[C@@]1(F)O[C@@H](n2cnc3c(=O)[nH]c(N)nc32)[C@@H](O)C1O. The fourth-order valence-corrected chi connectivity index (χ4v) is 4.52. The van der Waals surface area contributed by atoms with Gasteiger partial charge in [-0.15, -0.1) is 0 Å². The van der Waals surface area contributed by atoms with Crippen molar-refractivity contribution >= 4 is 24.6 Å². The van der Waals surface area contributed by atoms with Crippen LogP contribution in [-0.4, -0.2) is 67.1 Å². The van der Waals surface area contributed by atoms with Crippen molar-refractivity contribution in [3.63, 3.8) is 0 Å². The van der Waals surface area contributed by atoms with E-state index < -0.39 is 44.0 Å². The third-order valence-electron chi connectivity index (χ3n) is 5.04. The number of fused-ring (bicyclic) bond motifs is 1. The Balaban J connectivity index is 1.81. The molecule has 0 bridgehead atoms. The van der Waals surface area contributed by atoms with Crippen molar-refractivity contribution in [1.29, 1.82) is 0 Å². The zero-order valence-electron chi connectivity index (χ0n) is 16.9. The summed E-state index contributed by atoms with van der Waals surface area (Å²) in [5.74, 6) is -2.94. The lowest BCUT2D eigenvalue weighted by Crippen LogP contribution is -2.43. The van der Waals surface area contributed by atoms with E-state index in [4.69, 9.17) is 15.0 Å². The maximum Gasteiger partial charge on any atom is 0.280 e. The number of alkyl halides is 1. The number of rotatable bonds is 7. The average molecular weight is 448 g/mol. The fourth-order valence-electron chi connectivity index (χ4n) is 2.99. The fraction of sp³-hybridized carbons (Fsp3) is 0.688.